The highest BCUT2D eigenvalue weighted by Gasteiger charge is 2.21. The maximum atomic E-state index is 7.12. The second-order valence-electron chi connectivity index (χ2n) is 15.7. The summed E-state index contributed by atoms with van der Waals surface area (Å²) in [5, 5.41) is 8.71. The molecule has 0 amide bonds. The van der Waals surface area contributed by atoms with E-state index in [1.54, 1.807) is 0 Å². The Morgan fingerprint density at radius 2 is 0.742 bits per heavy atom. The molecule has 0 bridgehead atoms. The number of para-hydroxylation sites is 1. The average Bonchev–Trinajstić information content (AvgIpc) is 3.71. The van der Waals surface area contributed by atoms with E-state index in [4.69, 9.17) is 14.4 Å². The summed E-state index contributed by atoms with van der Waals surface area (Å²) >= 11 is 0. The molecule has 0 fully saturated rings. The predicted octanol–water partition coefficient (Wildman–Crippen LogP) is 15.6. The van der Waals surface area contributed by atoms with E-state index < -0.39 is 0 Å². The summed E-state index contributed by atoms with van der Waals surface area (Å²) < 4.78 is 9.37. The zero-order valence-electron chi connectivity index (χ0n) is 33.6. The van der Waals surface area contributed by atoms with Gasteiger partial charge in [-0.05, 0) is 80.9 Å². The van der Waals surface area contributed by atoms with Crippen molar-refractivity contribution in [3.05, 3.63) is 224 Å². The monoisotopic (exact) mass is 791 g/mol. The number of hydrogen-bond donors (Lipinski definition) is 0. The fourth-order valence-electron chi connectivity index (χ4n) is 9.16. The minimum Gasteiger partial charge on any atom is -0.456 e. The highest BCUT2D eigenvalue weighted by atomic mass is 16.3. The number of nitrogens with zero attached hydrogens (tertiary/aromatic N) is 3. The van der Waals surface area contributed by atoms with Crippen molar-refractivity contribution in [2.24, 2.45) is 0 Å². The topological polar surface area (TPSA) is 43.9 Å². The van der Waals surface area contributed by atoms with Gasteiger partial charge >= 0.3 is 0 Å². The first kappa shape index (κ1) is 35.6. The zero-order valence-corrected chi connectivity index (χ0v) is 33.6. The van der Waals surface area contributed by atoms with Crippen LogP contribution in [0.1, 0.15) is 0 Å². The molecule has 0 spiro atoms. The maximum absolute atomic E-state index is 7.12. The third-order valence-corrected chi connectivity index (χ3v) is 12.1. The lowest BCUT2D eigenvalue weighted by atomic mass is 9.95. The van der Waals surface area contributed by atoms with E-state index in [0.29, 0.717) is 5.95 Å². The van der Waals surface area contributed by atoms with Gasteiger partial charge in [0.15, 0.2) is 0 Å². The molecule has 290 valence electrons. The molecule has 3 aromatic heterocycles. The van der Waals surface area contributed by atoms with Crippen LogP contribution in [0.25, 0.3) is 116 Å². The van der Waals surface area contributed by atoms with E-state index in [2.05, 4.69) is 217 Å². The van der Waals surface area contributed by atoms with Gasteiger partial charge in [0.1, 0.15) is 11.2 Å². The van der Waals surface area contributed by atoms with Crippen LogP contribution in [0.15, 0.2) is 229 Å². The van der Waals surface area contributed by atoms with Gasteiger partial charge in [-0.3, -0.25) is 4.57 Å². The summed E-state index contributed by atoms with van der Waals surface area (Å²) in [6.45, 7) is 0. The fraction of sp³-hybridized carbons (Fsp3) is 0. The van der Waals surface area contributed by atoms with Gasteiger partial charge in [-0.15, -0.1) is 0 Å². The van der Waals surface area contributed by atoms with Crippen molar-refractivity contribution in [1.29, 1.82) is 0 Å². The van der Waals surface area contributed by atoms with Crippen molar-refractivity contribution >= 4 is 65.3 Å². The molecule has 62 heavy (non-hydrogen) atoms. The number of benzene rings is 9. The first-order chi connectivity index (χ1) is 30.7. The van der Waals surface area contributed by atoms with Crippen LogP contribution < -0.4 is 0 Å². The first-order valence-corrected chi connectivity index (χ1v) is 21.0. The maximum Gasteiger partial charge on any atom is 0.235 e. The molecule has 4 nitrogen and oxygen atoms in total. The fourth-order valence-corrected chi connectivity index (χ4v) is 9.16. The molecule has 0 saturated carbocycles. The average molecular weight is 792 g/mol. The lowest BCUT2D eigenvalue weighted by molar-refractivity contribution is 0.663. The minimum absolute atomic E-state index is 0.612. The molecule has 0 atom stereocenters. The molecule has 0 aliphatic heterocycles. The zero-order chi connectivity index (χ0) is 41.0. The lowest BCUT2D eigenvalue weighted by Crippen LogP contribution is -2.04. The van der Waals surface area contributed by atoms with Crippen molar-refractivity contribution in [3.8, 4) is 50.7 Å². The second-order valence-corrected chi connectivity index (χ2v) is 15.7. The van der Waals surface area contributed by atoms with Crippen LogP contribution in [0, 0.1) is 0 Å². The molecule has 0 aliphatic carbocycles. The van der Waals surface area contributed by atoms with Gasteiger partial charge in [0.25, 0.3) is 0 Å². The van der Waals surface area contributed by atoms with Crippen molar-refractivity contribution < 1.29 is 4.42 Å². The molecule has 3 heterocycles. The molecule has 0 radical (unpaired) electrons. The summed E-state index contributed by atoms with van der Waals surface area (Å²) in [5.74, 6) is 0.612. The normalized spacial score (nSPS) is 11.5. The van der Waals surface area contributed by atoms with Crippen molar-refractivity contribution in [2.75, 3.05) is 0 Å². The Morgan fingerprint density at radius 1 is 0.290 bits per heavy atom. The highest BCUT2D eigenvalue weighted by Crippen LogP contribution is 2.43. The van der Waals surface area contributed by atoms with Crippen LogP contribution in [-0.2, 0) is 0 Å². The quantitative estimate of drug-likeness (QED) is 0.174. The van der Waals surface area contributed by atoms with E-state index >= 15 is 0 Å². The molecule has 0 N–H and O–H groups in total. The number of fused-ring (bicyclic) bond motifs is 11. The Hall–Kier alpha value is -8.34. The van der Waals surface area contributed by atoms with Crippen molar-refractivity contribution in [2.45, 2.75) is 0 Å². The van der Waals surface area contributed by atoms with Gasteiger partial charge in [-0.25, -0.2) is 9.97 Å². The third kappa shape index (κ3) is 6.00. The van der Waals surface area contributed by atoms with Crippen LogP contribution in [0.4, 0.5) is 0 Å². The van der Waals surface area contributed by atoms with Crippen LogP contribution in [-0.4, -0.2) is 14.5 Å². The van der Waals surface area contributed by atoms with Gasteiger partial charge in [0.2, 0.25) is 5.95 Å². The van der Waals surface area contributed by atoms with E-state index in [0.717, 1.165) is 110 Å². The van der Waals surface area contributed by atoms with Crippen LogP contribution >= 0.6 is 0 Å². The van der Waals surface area contributed by atoms with Gasteiger partial charge in [0.05, 0.1) is 22.4 Å². The van der Waals surface area contributed by atoms with Gasteiger partial charge in [0, 0.05) is 38.1 Å². The molecule has 0 saturated heterocycles. The van der Waals surface area contributed by atoms with E-state index in [1.165, 1.54) is 0 Å². The Kier molecular flexibility index (Phi) is 8.46. The Bertz CT molecular complexity index is 3670. The smallest absolute Gasteiger partial charge is 0.235 e. The van der Waals surface area contributed by atoms with Gasteiger partial charge in [-0.1, -0.05) is 182 Å². The van der Waals surface area contributed by atoms with Crippen molar-refractivity contribution in [3.63, 3.8) is 0 Å². The second kappa shape index (κ2) is 14.7. The van der Waals surface area contributed by atoms with Gasteiger partial charge in [-0.2, -0.15) is 0 Å². The summed E-state index contributed by atoms with van der Waals surface area (Å²) in [5.41, 5.74) is 12.0. The minimum atomic E-state index is 0.612. The Balaban J connectivity index is 1.27. The van der Waals surface area contributed by atoms with Crippen molar-refractivity contribution in [1.82, 2.24) is 14.5 Å². The summed E-state index contributed by atoms with van der Waals surface area (Å²) in [6, 6.07) is 79.1. The SMILES string of the molecule is c1ccc(-c2ccc3oc4ccc(-c5ccccc5)cc4c4ccc5c(c6ccccc6n5-c5nc(-c6ccccc6)cc(-c6ccccc6)n5)c4c4ccccc4c3c2)cc1. The number of aromatic nitrogens is 3. The van der Waals surface area contributed by atoms with Crippen LogP contribution in [0.2, 0.25) is 0 Å². The summed E-state index contributed by atoms with van der Waals surface area (Å²) in [6.07, 6.45) is 0. The predicted molar refractivity (Wildman–Crippen MR) is 258 cm³/mol. The molecular weight excluding hydrogens is 755 g/mol. The van der Waals surface area contributed by atoms with Crippen LogP contribution in [0.5, 0.6) is 0 Å². The summed E-state index contributed by atoms with van der Waals surface area (Å²) in [4.78, 5) is 10.7. The largest absolute Gasteiger partial charge is 0.456 e. The van der Waals surface area contributed by atoms with E-state index in [9.17, 15) is 0 Å². The molecule has 12 aromatic rings. The summed E-state index contributed by atoms with van der Waals surface area (Å²) in [7, 11) is 0. The van der Waals surface area contributed by atoms with E-state index in [-0.39, 0.29) is 0 Å². The van der Waals surface area contributed by atoms with E-state index in [1.807, 2.05) is 12.1 Å². The molecule has 9 aromatic carbocycles. The molecule has 0 unspecified atom stereocenters. The standard InChI is InChI=1S/C58H37N3O/c1-5-17-38(18-6-1)42-29-33-54-48(35-42)44-25-13-14-26-45(44)56-46(49-36-43(30-34-55(49)62-54)39-19-7-2-8-20-39)31-32-53-57(56)47-27-15-16-28-52(47)61(53)58-59-50(40-21-9-3-10-22-40)37-51(60-58)41-23-11-4-12-24-41/h1-37H. The molecule has 12 rings (SSSR count). The molecule has 4 heteroatoms. The lowest BCUT2D eigenvalue weighted by Gasteiger charge is -2.12. The Labute approximate surface area is 358 Å². The van der Waals surface area contributed by atoms with Crippen LogP contribution in [0.3, 0.4) is 0 Å². The first-order valence-electron chi connectivity index (χ1n) is 21.0. The molecular formula is C58H37N3O. The molecule has 0 aliphatic rings. The van der Waals surface area contributed by atoms with Gasteiger partial charge < -0.3 is 4.42 Å². The Morgan fingerprint density at radius 3 is 1.31 bits per heavy atom. The number of rotatable bonds is 5. The highest BCUT2D eigenvalue weighted by molar-refractivity contribution is 6.32. The third-order valence-electron chi connectivity index (χ3n) is 12.1. The number of hydrogen-bond acceptors (Lipinski definition) is 3.